The second kappa shape index (κ2) is 7.19. The van der Waals surface area contributed by atoms with E-state index in [9.17, 15) is 4.79 Å². The van der Waals surface area contributed by atoms with Crippen molar-refractivity contribution >= 4 is 6.29 Å². The first-order valence-electron chi connectivity index (χ1n) is 2.87. The summed E-state index contributed by atoms with van der Waals surface area (Å²) in [4.78, 5) is 9.63. The lowest BCUT2D eigenvalue weighted by molar-refractivity contribution is 0.552. The van der Waals surface area contributed by atoms with Gasteiger partial charge < -0.3 is 5.32 Å². The molecule has 9 heavy (non-hydrogen) atoms. The Morgan fingerprint density at radius 2 is 2.11 bits per heavy atom. The molecule has 1 radical (unpaired) electrons. The number of carbonyl (C=O) groups excluding carboxylic acids is 1. The zero-order valence-electron chi connectivity index (χ0n) is 5.53. The van der Waals surface area contributed by atoms with Gasteiger partial charge in [-0.25, -0.2) is 0 Å². The van der Waals surface area contributed by atoms with E-state index >= 15 is 0 Å². The number of rotatable bonds is 3. The van der Waals surface area contributed by atoms with Gasteiger partial charge >= 0.3 is 0 Å². The second-order valence-electron chi connectivity index (χ2n) is 1.53. The third-order valence-electron chi connectivity index (χ3n) is 0.742. The third-order valence-corrected chi connectivity index (χ3v) is 0.742. The summed E-state index contributed by atoms with van der Waals surface area (Å²) in [6.07, 6.45) is 2.83. The van der Waals surface area contributed by atoms with Crippen molar-refractivity contribution in [3.63, 3.8) is 0 Å². The SMILES string of the molecule is CNCC#CCC[C]=O. The summed E-state index contributed by atoms with van der Waals surface area (Å²) < 4.78 is 0. The Balaban J connectivity index is 3.05. The Bertz CT molecular complexity index is 121. The summed E-state index contributed by atoms with van der Waals surface area (Å²) in [5.41, 5.74) is 0. The molecule has 0 atom stereocenters. The van der Waals surface area contributed by atoms with Crippen molar-refractivity contribution in [2.24, 2.45) is 0 Å². The van der Waals surface area contributed by atoms with Gasteiger partial charge in [0.05, 0.1) is 6.54 Å². The van der Waals surface area contributed by atoms with Crippen LogP contribution in [0.1, 0.15) is 12.8 Å². The number of hydrogen-bond acceptors (Lipinski definition) is 2. The number of nitrogens with one attached hydrogen (secondary N) is 1. The molecule has 0 saturated heterocycles. The smallest absolute Gasteiger partial charge is 0.199 e. The maximum atomic E-state index is 9.63. The van der Waals surface area contributed by atoms with Crippen molar-refractivity contribution in [3.05, 3.63) is 0 Å². The number of hydrogen-bond donors (Lipinski definition) is 1. The fourth-order valence-corrected chi connectivity index (χ4v) is 0.353. The van der Waals surface area contributed by atoms with Crippen LogP contribution in [0.25, 0.3) is 0 Å². The van der Waals surface area contributed by atoms with Gasteiger partial charge in [0.1, 0.15) is 0 Å². The summed E-state index contributed by atoms with van der Waals surface area (Å²) in [6, 6.07) is 0. The largest absolute Gasteiger partial charge is 0.309 e. The molecule has 49 valence electrons. The van der Waals surface area contributed by atoms with Crippen LogP contribution >= 0.6 is 0 Å². The maximum Gasteiger partial charge on any atom is 0.199 e. The molecule has 0 aliphatic rings. The minimum atomic E-state index is 0.427. The lowest BCUT2D eigenvalue weighted by atomic mass is 10.3. The average molecular weight is 124 g/mol. The fourth-order valence-electron chi connectivity index (χ4n) is 0.353. The van der Waals surface area contributed by atoms with Crippen LogP contribution in [0, 0.1) is 11.8 Å². The molecule has 0 aromatic rings. The van der Waals surface area contributed by atoms with E-state index in [1.807, 2.05) is 7.05 Å². The second-order valence-corrected chi connectivity index (χ2v) is 1.53. The Kier molecular flexibility index (Phi) is 6.54. The summed E-state index contributed by atoms with van der Waals surface area (Å²) in [5, 5.41) is 2.87. The van der Waals surface area contributed by atoms with Crippen LogP contribution in [-0.2, 0) is 4.79 Å². The summed E-state index contributed by atoms with van der Waals surface area (Å²) in [5.74, 6) is 5.64. The molecule has 0 fully saturated rings. The monoisotopic (exact) mass is 124 g/mol. The Labute approximate surface area is 55.6 Å². The van der Waals surface area contributed by atoms with Gasteiger partial charge in [-0.1, -0.05) is 5.92 Å². The van der Waals surface area contributed by atoms with Crippen LogP contribution in [0.4, 0.5) is 0 Å². The molecule has 0 unspecified atom stereocenters. The molecule has 0 aromatic carbocycles. The molecule has 1 N–H and O–H groups in total. The van der Waals surface area contributed by atoms with Crippen LogP contribution in [0.5, 0.6) is 0 Å². The predicted octanol–water partition coefficient (Wildman–Crippen LogP) is 0.0991. The molecule has 0 aliphatic heterocycles. The molecule has 0 bridgehead atoms. The van der Waals surface area contributed by atoms with Gasteiger partial charge in [-0.15, -0.1) is 5.92 Å². The van der Waals surface area contributed by atoms with E-state index in [-0.39, 0.29) is 0 Å². The van der Waals surface area contributed by atoms with Gasteiger partial charge in [0, 0.05) is 12.8 Å². The quantitative estimate of drug-likeness (QED) is 0.427. The highest BCUT2D eigenvalue weighted by atomic mass is 16.1. The molecular formula is C7H10NO. The van der Waals surface area contributed by atoms with Crippen molar-refractivity contribution < 1.29 is 4.79 Å². The van der Waals surface area contributed by atoms with Crippen molar-refractivity contribution in [2.45, 2.75) is 12.8 Å². The minimum Gasteiger partial charge on any atom is -0.309 e. The third kappa shape index (κ3) is 7.19. The molecular weight excluding hydrogens is 114 g/mol. The molecule has 0 saturated carbocycles. The lowest BCUT2D eigenvalue weighted by Gasteiger charge is -1.81. The van der Waals surface area contributed by atoms with Gasteiger partial charge in [-0.2, -0.15) is 0 Å². The first-order chi connectivity index (χ1) is 4.41. The average Bonchev–Trinajstić information content (AvgIpc) is 1.89. The van der Waals surface area contributed by atoms with Crippen molar-refractivity contribution in [3.8, 4) is 11.8 Å². The first kappa shape index (κ1) is 8.19. The van der Waals surface area contributed by atoms with Crippen molar-refractivity contribution in [1.82, 2.24) is 5.32 Å². The molecule has 0 heterocycles. The van der Waals surface area contributed by atoms with Crippen LogP contribution in [0.15, 0.2) is 0 Å². The minimum absolute atomic E-state index is 0.427. The molecule has 2 heteroatoms. The zero-order valence-corrected chi connectivity index (χ0v) is 5.53. The van der Waals surface area contributed by atoms with Gasteiger partial charge in [0.15, 0.2) is 6.29 Å². The van der Waals surface area contributed by atoms with Crippen LogP contribution < -0.4 is 5.32 Å². The van der Waals surface area contributed by atoms with E-state index in [2.05, 4.69) is 17.2 Å². The van der Waals surface area contributed by atoms with Crippen LogP contribution in [-0.4, -0.2) is 19.9 Å². The van der Waals surface area contributed by atoms with E-state index in [0.29, 0.717) is 19.4 Å². The molecule has 0 rings (SSSR count). The number of unbranched alkanes of at least 4 members (excludes halogenated alkanes) is 1. The molecule has 0 aliphatic carbocycles. The van der Waals surface area contributed by atoms with Gasteiger partial charge in [-0.3, -0.25) is 4.79 Å². The van der Waals surface area contributed by atoms with E-state index in [0.717, 1.165) is 0 Å². The maximum absolute atomic E-state index is 9.63. The zero-order chi connectivity index (χ0) is 6.95. The molecule has 0 aromatic heterocycles. The normalized spacial score (nSPS) is 7.67. The Hall–Kier alpha value is -0.810. The van der Waals surface area contributed by atoms with E-state index in [4.69, 9.17) is 0 Å². The lowest BCUT2D eigenvalue weighted by Crippen LogP contribution is -2.04. The highest BCUT2D eigenvalue weighted by molar-refractivity contribution is 5.50. The van der Waals surface area contributed by atoms with E-state index < -0.39 is 0 Å². The van der Waals surface area contributed by atoms with E-state index in [1.54, 1.807) is 6.29 Å². The van der Waals surface area contributed by atoms with Gasteiger partial charge in [0.25, 0.3) is 0 Å². The van der Waals surface area contributed by atoms with Crippen molar-refractivity contribution in [1.29, 1.82) is 0 Å². The molecule has 0 spiro atoms. The van der Waals surface area contributed by atoms with Gasteiger partial charge in [0.2, 0.25) is 0 Å². The topological polar surface area (TPSA) is 29.1 Å². The Morgan fingerprint density at radius 1 is 1.33 bits per heavy atom. The van der Waals surface area contributed by atoms with Crippen LogP contribution in [0.3, 0.4) is 0 Å². The van der Waals surface area contributed by atoms with Crippen LogP contribution in [0.2, 0.25) is 0 Å². The van der Waals surface area contributed by atoms with E-state index in [1.165, 1.54) is 0 Å². The fraction of sp³-hybridized carbons (Fsp3) is 0.571. The standard InChI is InChI=1S/C7H10NO/c1-8-6-4-2-3-5-7-9/h8H,3,5-6H2,1H3. The van der Waals surface area contributed by atoms with Crippen molar-refractivity contribution in [2.75, 3.05) is 13.6 Å². The molecule has 2 nitrogen and oxygen atoms in total. The molecule has 0 amide bonds. The summed E-state index contributed by atoms with van der Waals surface area (Å²) >= 11 is 0. The summed E-state index contributed by atoms with van der Waals surface area (Å²) in [7, 11) is 1.83. The Morgan fingerprint density at radius 3 is 2.67 bits per heavy atom. The highest BCUT2D eigenvalue weighted by Gasteiger charge is 1.75. The van der Waals surface area contributed by atoms with Gasteiger partial charge in [-0.05, 0) is 7.05 Å². The summed E-state index contributed by atoms with van der Waals surface area (Å²) in [6.45, 7) is 0.693. The first-order valence-corrected chi connectivity index (χ1v) is 2.87. The highest BCUT2D eigenvalue weighted by Crippen LogP contribution is 1.77. The predicted molar refractivity (Wildman–Crippen MR) is 36.6 cm³/mol.